The molecule has 0 aromatic carbocycles. The van der Waals surface area contributed by atoms with Gasteiger partial charge in [-0.1, -0.05) is 33.1 Å². The first-order valence-corrected chi connectivity index (χ1v) is 5.94. The van der Waals surface area contributed by atoms with Crippen LogP contribution in [0.4, 0.5) is 0 Å². The van der Waals surface area contributed by atoms with Gasteiger partial charge in [-0.05, 0) is 31.1 Å². The Labute approximate surface area is 82.3 Å². The standard InChI is InChI=1S/C12H23N/c1-12(2)9-8-11(12)13-10-6-4-3-5-7-10/h10-11,13H,3-9H2,1-2H3. The van der Waals surface area contributed by atoms with Crippen molar-refractivity contribution in [3.63, 3.8) is 0 Å². The molecule has 1 atom stereocenters. The van der Waals surface area contributed by atoms with Gasteiger partial charge < -0.3 is 5.32 Å². The molecule has 2 rings (SSSR count). The summed E-state index contributed by atoms with van der Waals surface area (Å²) >= 11 is 0. The maximum absolute atomic E-state index is 3.85. The molecule has 0 aliphatic heterocycles. The minimum atomic E-state index is 0.581. The Bertz CT molecular complexity index is 168. The van der Waals surface area contributed by atoms with Gasteiger partial charge in [0.25, 0.3) is 0 Å². The summed E-state index contributed by atoms with van der Waals surface area (Å²) in [4.78, 5) is 0. The van der Waals surface area contributed by atoms with E-state index in [1.54, 1.807) is 0 Å². The maximum atomic E-state index is 3.85. The smallest absolute Gasteiger partial charge is 0.0121 e. The van der Waals surface area contributed by atoms with Crippen molar-refractivity contribution in [3.05, 3.63) is 0 Å². The molecular formula is C12H23N. The molecule has 0 spiro atoms. The molecule has 0 saturated heterocycles. The molecule has 0 bridgehead atoms. The van der Waals surface area contributed by atoms with E-state index in [2.05, 4.69) is 19.2 Å². The van der Waals surface area contributed by atoms with Crippen molar-refractivity contribution in [2.24, 2.45) is 5.41 Å². The monoisotopic (exact) mass is 181 g/mol. The molecule has 0 aromatic heterocycles. The summed E-state index contributed by atoms with van der Waals surface area (Å²) in [6.45, 7) is 4.80. The Kier molecular flexibility index (Phi) is 2.64. The first-order chi connectivity index (χ1) is 6.18. The lowest BCUT2D eigenvalue weighted by Gasteiger charge is -2.47. The fraction of sp³-hybridized carbons (Fsp3) is 1.00. The van der Waals surface area contributed by atoms with Gasteiger partial charge in [-0.2, -0.15) is 0 Å². The van der Waals surface area contributed by atoms with Gasteiger partial charge in [0.15, 0.2) is 0 Å². The molecule has 2 saturated carbocycles. The molecular weight excluding hydrogens is 158 g/mol. The van der Waals surface area contributed by atoms with Crippen LogP contribution in [0.25, 0.3) is 0 Å². The quantitative estimate of drug-likeness (QED) is 0.690. The van der Waals surface area contributed by atoms with E-state index in [0.29, 0.717) is 5.41 Å². The molecule has 13 heavy (non-hydrogen) atoms. The third-order valence-electron chi connectivity index (χ3n) is 4.06. The molecule has 2 aliphatic carbocycles. The third kappa shape index (κ3) is 2.07. The van der Waals surface area contributed by atoms with E-state index in [-0.39, 0.29) is 0 Å². The van der Waals surface area contributed by atoms with Crippen LogP contribution >= 0.6 is 0 Å². The van der Waals surface area contributed by atoms with Crippen LogP contribution in [0.1, 0.15) is 58.8 Å². The van der Waals surface area contributed by atoms with Crippen LogP contribution in [-0.2, 0) is 0 Å². The summed E-state index contributed by atoms with van der Waals surface area (Å²) in [5, 5.41) is 3.85. The Hall–Kier alpha value is -0.0400. The van der Waals surface area contributed by atoms with Crippen molar-refractivity contribution in [2.75, 3.05) is 0 Å². The van der Waals surface area contributed by atoms with Crippen molar-refractivity contribution in [3.8, 4) is 0 Å². The molecule has 76 valence electrons. The first kappa shape index (κ1) is 9.51. The van der Waals surface area contributed by atoms with Gasteiger partial charge in [-0.15, -0.1) is 0 Å². The van der Waals surface area contributed by atoms with E-state index < -0.39 is 0 Å². The highest BCUT2D eigenvalue weighted by atomic mass is 15.0. The lowest BCUT2D eigenvalue weighted by molar-refractivity contribution is 0.0916. The normalized spacial score (nSPS) is 34.2. The minimum absolute atomic E-state index is 0.581. The van der Waals surface area contributed by atoms with Crippen molar-refractivity contribution in [2.45, 2.75) is 70.9 Å². The highest BCUT2D eigenvalue weighted by Gasteiger charge is 2.39. The van der Waals surface area contributed by atoms with Crippen molar-refractivity contribution in [1.82, 2.24) is 5.32 Å². The molecule has 2 fully saturated rings. The van der Waals surface area contributed by atoms with Gasteiger partial charge in [-0.3, -0.25) is 0 Å². The van der Waals surface area contributed by atoms with Gasteiger partial charge in [0, 0.05) is 12.1 Å². The minimum Gasteiger partial charge on any atom is -0.311 e. The number of nitrogens with one attached hydrogen (secondary N) is 1. The van der Waals surface area contributed by atoms with Gasteiger partial charge in [0.2, 0.25) is 0 Å². The molecule has 0 aromatic rings. The third-order valence-corrected chi connectivity index (χ3v) is 4.06. The Morgan fingerprint density at radius 3 is 2.15 bits per heavy atom. The molecule has 1 N–H and O–H groups in total. The van der Waals surface area contributed by atoms with Crippen LogP contribution in [0.5, 0.6) is 0 Å². The first-order valence-electron chi connectivity index (χ1n) is 5.94. The lowest BCUT2D eigenvalue weighted by atomic mass is 9.67. The number of rotatable bonds is 2. The second-order valence-corrected chi connectivity index (χ2v) is 5.58. The Morgan fingerprint density at radius 2 is 1.69 bits per heavy atom. The van der Waals surface area contributed by atoms with E-state index in [9.17, 15) is 0 Å². The fourth-order valence-corrected chi connectivity index (χ4v) is 2.73. The fourth-order valence-electron chi connectivity index (χ4n) is 2.73. The summed E-state index contributed by atoms with van der Waals surface area (Å²) in [7, 11) is 0. The topological polar surface area (TPSA) is 12.0 Å². The zero-order valence-electron chi connectivity index (χ0n) is 9.10. The van der Waals surface area contributed by atoms with E-state index in [1.807, 2.05) is 0 Å². The SMILES string of the molecule is CC1(C)CCC1NC1CCCCC1. The van der Waals surface area contributed by atoms with Gasteiger partial charge in [0.05, 0.1) is 0 Å². The summed E-state index contributed by atoms with van der Waals surface area (Å²) in [6, 6.07) is 1.66. The van der Waals surface area contributed by atoms with E-state index in [4.69, 9.17) is 0 Å². The van der Waals surface area contributed by atoms with Crippen LogP contribution in [0.2, 0.25) is 0 Å². The van der Waals surface area contributed by atoms with Gasteiger partial charge in [-0.25, -0.2) is 0 Å². The molecule has 0 heterocycles. The molecule has 2 aliphatic rings. The van der Waals surface area contributed by atoms with Crippen LogP contribution in [0.3, 0.4) is 0 Å². The predicted molar refractivity (Wildman–Crippen MR) is 56.8 cm³/mol. The summed E-state index contributed by atoms with van der Waals surface area (Å²) in [5.74, 6) is 0. The summed E-state index contributed by atoms with van der Waals surface area (Å²) in [6.07, 6.45) is 10.0. The van der Waals surface area contributed by atoms with Crippen LogP contribution < -0.4 is 5.32 Å². The van der Waals surface area contributed by atoms with Crippen molar-refractivity contribution >= 4 is 0 Å². The molecule has 0 amide bonds. The molecule has 0 radical (unpaired) electrons. The second kappa shape index (κ2) is 3.61. The van der Waals surface area contributed by atoms with Crippen LogP contribution in [0, 0.1) is 5.41 Å². The lowest BCUT2D eigenvalue weighted by Crippen LogP contribution is -2.53. The average molecular weight is 181 g/mol. The summed E-state index contributed by atoms with van der Waals surface area (Å²) in [5.41, 5.74) is 0.581. The van der Waals surface area contributed by atoms with Crippen molar-refractivity contribution < 1.29 is 0 Å². The van der Waals surface area contributed by atoms with E-state index in [0.717, 1.165) is 12.1 Å². The maximum Gasteiger partial charge on any atom is 0.0121 e. The number of hydrogen-bond donors (Lipinski definition) is 1. The van der Waals surface area contributed by atoms with E-state index >= 15 is 0 Å². The van der Waals surface area contributed by atoms with Crippen molar-refractivity contribution in [1.29, 1.82) is 0 Å². The van der Waals surface area contributed by atoms with Gasteiger partial charge in [0.1, 0.15) is 0 Å². The predicted octanol–water partition coefficient (Wildman–Crippen LogP) is 3.10. The largest absolute Gasteiger partial charge is 0.311 e. The number of hydrogen-bond acceptors (Lipinski definition) is 1. The summed E-state index contributed by atoms with van der Waals surface area (Å²) < 4.78 is 0. The molecule has 1 unspecified atom stereocenters. The van der Waals surface area contributed by atoms with Gasteiger partial charge >= 0.3 is 0 Å². The zero-order chi connectivity index (χ0) is 9.31. The molecule has 1 nitrogen and oxygen atoms in total. The Morgan fingerprint density at radius 1 is 1.00 bits per heavy atom. The highest BCUT2D eigenvalue weighted by Crippen LogP contribution is 2.40. The Balaban J connectivity index is 1.77. The van der Waals surface area contributed by atoms with Crippen LogP contribution in [-0.4, -0.2) is 12.1 Å². The average Bonchev–Trinajstić information content (AvgIpc) is 2.15. The van der Waals surface area contributed by atoms with E-state index in [1.165, 1.54) is 44.9 Å². The molecule has 1 heteroatoms. The highest BCUT2D eigenvalue weighted by molar-refractivity contribution is 4.95. The van der Waals surface area contributed by atoms with Crippen LogP contribution in [0.15, 0.2) is 0 Å². The second-order valence-electron chi connectivity index (χ2n) is 5.58. The zero-order valence-corrected chi connectivity index (χ0v) is 9.10.